The van der Waals surface area contributed by atoms with Crippen molar-refractivity contribution in [2.24, 2.45) is 0 Å². The van der Waals surface area contributed by atoms with E-state index in [0.29, 0.717) is 6.61 Å². The lowest BCUT2D eigenvalue weighted by atomic mass is 10.1. The van der Waals surface area contributed by atoms with Gasteiger partial charge in [-0.2, -0.15) is 0 Å². The SMILES string of the molecule is C=CC(=O)CO[Si](CCCCCCCCCCCCO)(OC)OC. The Kier molecular flexibility index (Phi) is 15.6. The fourth-order valence-electron chi connectivity index (χ4n) is 2.59. The Morgan fingerprint density at radius 2 is 1.38 bits per heavy atom. The molecule has 0 spiro atoms. The lowest BCUT2D eigenvalue weighted by Gasteiger charge is -2.25. The van der Waals surface area contributed by atoms with Gasteiger partial charge in [-0.25, -0.2) is 0 Å². The van der Waals surface area contributed by atoms with Crippen molar-refractivity contribution in [3.63, 3.8) is 0 Å². The number of hydrogen-bond acceptors (Lipinski definition) is 5. The molecular formula is C18H36O5Si. The van der Waals surface area contributed by atoms with E-state index in [4.69, 9.17) is 18.4 Å². The molecule has 0 amide bonds. The van der Waals surface area contributed by atoms with Gasteiger partial charge in [0.2, 0.25) is 0 Å². The molecule has 0 unspecified atom stereocenters. The Balaban J connectivity index is 3.70. The Hall–Kier alpha value is -0.533. The summed E-state index contributed by atoms with van der Waals surface area (Å²) in [6, 6.07) is 0.742. The molecule has 5 nitrogen and oxygen atoms in total. The molecule has 0 aliphatic heterocycles. The fraction of sp³-hybridized carbons (Fsp3) is 0.833. The van der Waals surface area contributed by atoms with Crippen LogP contribution in [0.1, 0.15) is 64.2 Å². The molecule has 142 valence electrons. The van der Waals surface area contributed by atoms with Crippen molar-refractivity contribution in [1.29, 1.82) is 0 Å². The first-order chi connectivity index (χ1) is 11.6. The second-order valence-electron chi connectivity index (χ2n) is 6.06. The van der Waals surface area contributed by atoms with Gasteiger partial charge in [0.15, 0.2) is 5.78 Å². The second kappa shape index (κ2) is 16.0. The molecule has 0 saturated carbocycles. The van der Waals surface area contributed by atoms with Crippen molar-refractivity contribution in [3.05, 3.63) is 12.7 Å². The molecule has 1 N–H and O–H groups in total. The van der Waals surface area contributed by atoms with Crippen LogP contribution in [0.3, 0.4) is 0 Å². The van der Waals surface area contributed by atoms with Gasteiger partial charge in [-0.15, -0.1) is 0 Å². The first kappa shape index (κ1) is 23.5. The summed E-state index contributed by atoms with van der Waals surface area (Å²) in [7, 11) is 0.471. The number of aliphatic hydroxyl groups excluding tert-OH is 1. The first-order valence-electron chi connectivity index (χ1n) is 9.14. The van der Waals surface area contributed by atoms with Crippen LogP contribution >= 0.6 is 0 Å². The summed E-state index contributed by atoms with van der Waals surface area (Å²) in [5.41, 5.74) is 0. The minimum atomic E-state index is -2.71. The van der Waals surface area contributed by atoms with E-state index in [2.05, 4.69) is 6.58 Å². The molecule has 0 aromatic heterocycles. The molecule has 0 rings (SSSR count). The van der Waals surface area contributed by atoms with E-state index in [0.717, 1.165) is 31.7 Å². The van der Waals surface area contributed by atoms with Crippen molar-refractivity contribution in [2.45, 2.75) is 70.3 Å². The van der Waals surface area contributed by atoms with Crippen molar-refractivity contribution < 1.29 is 23.2 Å². The predicted octanol–water partition coefficient (Wildman–Crippen LogP) is 3.88. The smallest absolute Gasteiger partial charge is 0.396 e. The molecule has 0 heterocycles. The standard InChI is InChI=1S/C18H36O5Si/c1-4-18(20)17-23-24(21-2,22-3)16-14-12-10-8-6-5-7-9-11-13-15-19/h4,19H,1,5-17H2,2-3H3. The highest BCUT2D eigenvalue weighted by atomic mass is 28.4. The molecular weight excluding hydrogens is 324 g/mol. The van der Waals surface area contributed by atoms with Crippen LogP contribution in [0, 0.1) is 0 Å². The Morgan fingerprint density at radius 3 is 1.79 bits per heavy atom. The van der Waals surface area contributed by atoms with Crippen molar-refractivity contribution in [1.82, 2.24) is 0 Å². The van der Waals surface area contributed by atoms with Crippen LogP contribution in [-0.2, 0) is 18.1 Å². The summed E-state index contributed by atoms with van der Waals surface area (Å²) in [4.78, 5) is 11.3. The van der Waals surface area contributed by atoms with Gasteiger partial charge in [-0.05, 0) is 18.9 Å². The van der Waals surface area contributed by atoms with Crippen LogP contribution < -0.4 is 0 Å². The number of hydrogen-bond donors (Lipinski definition) is 1. The summed E-state index contributed by atoms with van der Waals surface area (Å²) < 4.78 is 16.6. The average Bonchev–Trinajstić information content (AvgIpc) is 2.62. The second-order valence-corrected chi connectivity index (χ2v) is 9.03. The van der Waals surface area contributed by atoms with Crippen LogP contribution in [-0.4, -0.2) is 47.1 Å². The minimum Gasteiger partial charge on any atom is -0.396 e. The predicted molar refractivity (Wildman–Crippen MR) is 99.0 cm³/mol. The van der Waals surface area contributed by atoms with Gasteiger partial charge in [-0.1, -0.05) is 57.9 Å². The zero-order valence-electron chi connectivity index (χ0n) is 15.6. The van der Waals surface area contributed by atoms with E-state index >= 15 is 0 Å². The minimum absolute atomic E-state index is 0.0202. The van der Waals surface area contributed by atoms with Gasteiger partial charge in [0.1, 0.15) is 6.61 Å². The molecule has 0 aliphatic carbocycles. The van der Waals surface area contributed by atoms with Gasteiger partial charge in [0.25, 0.3) is 0 Å². The van der Waals surface area contributed by atoms with E-state index in [-0.39, 0.29) is 12.4 Å². The van der Waals surface area contributed by atoms with Crippen LogP contribution in [0.4, 0.5) is 0 Å². The molecule has 0 radical (unpaired) electrons. The zero-order chi connectivity index (χ0) is 18.1. The molecule has 24 heavy (non-hydrogen) atoms. The highest BCUT2D eigenvalue weighted by Gasteiger charge is 2.38. The lowest BCUT2D eigenvalue weighted by Crippen LogP contribution is -2.44. The zero-order valence-corrected chi connectivity index (χ0v) is 16.6. The van der Waals surface area contributed by atoms with Gasteiger partial charge in [0, 0.05) is 26.9 Å². The Labute approximate surface area is 148 Å². The molecule has 0 saturated heterocycles. The number of ketones is 1. The summed E-state index contributed by atoms with van der Waals surface area (Å²) in [6.45, 7) is 3.74. The average molecular weight is 361 g/mol. The summed E-state index contributed by atoms with van der Waals surface area (Å²) in [5.74, 6) is -0.153. The monoisotopic (exact) mass is 360 g/mol. The maximum absolute atomic E-state index is 11.3. The largest absolute Gasteiger partial charge is 0.500 e. The number of carbonyl (C=O) groups is 1. The summed E-state index contributed by atoms with van der Waals surface area (Å²) >= 11 is 0. The maximum Gasteiger partial charge on any atom is 0.500 e. The van der Waals surface area contributed by atoms with Crippen molar-refractivity contribution >= 4 is 14.6 Å². The summed E-state index contributed by atoms with van der Waals surface area (Å²) in [5, 5.41) is 8.71. The molecule has 0 aromatic rings. The number of aliphatic hydroxyl groups is 1. The molecule has 6 heteroatoms. The van der Waals surface area contributed by atoms with E-state index in [1.165, 1.54) is 44.6 Å². The van der Waals surface area contributed by atoms with Gasteiger partial charge in [0.05, 0.1) is 0 Å². The fourth-order valence-corrected chi connectivity index (χ4v) is 4.59. The third-order valence-electron chi connectivity index (χ3n) is 4.18. The molecule has 0 aliphatic rings. The lowest BCUT2D eigenvalue weighted by molar-refractivity contribution is -0.117. The topological polar surface area (TPSA) is 65.0 Å². The van der Waals surface area contributed by atoms with Crippen molar-refractivity contribution in [2.75, 3.05) is 27.4 Å². The molecule has 0 atom stereocenters. The number of carbonyl (C=O) groups excluding carboxylic acids is 1. The van der Waals surface area contributed by atoms with E-state index in [1.807, 2.05) is 0 Å². The van der Waals surface area contributed by atoms with Crippen LogP contribution in [0.2, 0.25) is 6.04 Å². The van der Waals surface area contributed by atoms with Crippen LogP contribution in [0.15, 0.2) is 12.7 Å². The normalized spacial score (nSPS) is 11.6. The van der Waals surface area contributed by atoms with Gasteiger partial charge < -0.3 is 18.4 Å². The van der Waals surface area contributed by atoms with Crippen LogP contribution in [0.5, 0.6) is 0 Å². The van der Waals surface area contributed by atoms with E-state index in [1.54, 1.807) is 14.2 Å². The van der Waals surface area contributed by atoms with Crippen LogP contribution in [0.25, 0.3) is 0 Å². The van der Waals surface area contributed by atoms with Gasteiger partial charge >= 0.3 is 8.80 Å². The highest BCUT2D eigenvalue weighted by Crippen LogP contribution is 2.19. The number of unbranched alkanes of at least 4 members (excludes halogenated alkanes) is 9. The molecule has 0 aromatic carbocycles. The highest BCUT2D eigenvalue weighted by molar-refractivity contribution is 6.60. The van der Waals surface area contributed by atoms with Gasteiger partial charge in [-0.3, -0.25) is 4.79 Å². The Morgan fingerprint density at radius 1 is 0.917 bits per heavy atom. The Bertz CT molecular complexity index is 319. The quantitative estimate of drug-likeness (QED) is 0.228. The van der Waals surface area contributed by atoms with Crippen molar-refractivity contribution in [3.8, 4) is 0 Å². The molecule has 0 bridgehead atoms. The van der Waals surface area contributed by atoms with E-state index < -0.39 is 8.80 Å². The summed E-state index contributed by atoms with van der Waals surface area (Å²) in [6.07, 6.45) is 13.0. The third kappa shape index (κ3) is 11.9. The van der Waals surface area contributed by atoms with E-state index in [9.17, 15) is 4.79 Å². The number of rotatable bonds is 18. The first-order valence-corrected chi connectivity index (χ1v) is 11.1. The molecule has 0 fully saturated rings. The third-order valence-corrected chi connectivity index (χ3v) is 6.97. The maximum atomic E-state index is 11.3.